The molecule has 0 amide bonds. The second-order valence-corrected chi connectivity index (χ2v) is 12.9. The minimum atomic E-state index is -2.47. The second kappa shape index (κ2) is 9.47. The average Bonchev–Trinajstić information content (AvgIpc) is 2.67. The molecule has 0 radical (unpaired) electrons. The van der Waals surface area contributed by atoms with Crippen LogP contribution in [0.3, 0.4) is 0 Å². The summed E-state index contributed by atoms with van der Waals surface area (Å²) in [5.41, 5.74) is 0. The van der Waals surface area contributed by atoms with E-state index in [1.165, 1.54) is 10.4 Å². The molecule has 0 fully saturated rings. The van der Waals surface area contributed by atoms with E-state index in [1.807, 2.05) is 0 Å². The van der Waals surface area contributed by atoms with Crippen molar-refractivity contribution in [1.29, 1.82) is 0 Å². The molecule has 2 nitrogen and oxygen atoms in total. The van der Waals surface area contributed by atoms with Gasteiger partial charge in [-0.2, -0.15) is 0 Å². The van der Waals surface area contributed by atoms with E-state index in [2.05, 4.69) is 95.3 Å². The second-order valence-electron chi connectivity index (χ2n) is 8.62. The SMILES string of the molecule is CC[C@@H](C=O)C[C@@H](C)CO[Si](c1ccccc1)(c1ccccc1)C(C)(C)C. The molecule has 27 heavy (non-hydrogen) atoms. The van der Waals surface area contributed by atoms with Crippen LogP contribution in [0.4, 0.5) is 0 Å². The Labute approximate surface area is 166 Å². The van der Waals surface area contributed by atoms with Crippen molar-refractivity contribution in [2.24, 2.45) is 11.8 Å². The van der Waals surface area contributed by atoms with E-state index >= 15 is 0 Å². The molecule has 2 aromatic carbocycles. The summed E-state index contributed by atoms with van der Waals surface area (Å²) in [6, 6.07) is 21.4. The molecule has 0 aliphatic carbocycles. The topological polar surface area (TPSA) is 26.3 Å². The maximum absolute atomic E-state index is 11.2. The number of hydrogen-bond donors (Lipinski definition) is 0. The molecule has 0 bridgehead atoms. The molecule has 2 aromatic rings. The summed E-state index contributed by atoms with van der Waals surface area (Å²) in [5.74, 6) is 0.476. The van der Waals surface area contributed by atoms with E-state index in [0.717, 1.165) is 19.1 Å². The number of benzene rings is 2. The first-order chi connectivity index (χ1) is 12.8. The number of rotatable bonds is 9. The zero-order valence-electron chi connectivity index (χ0n) is 17.4. The standard InChI is InChI=1S/C24H34O2Si/c1-6-21(18-25)17-20(2)19-26-27(24(3,4)5,22-13-9-7-10-14-22)23-15-11-8-12-16-23/h7-16,18,20-21H,6,17,19H2,1-5H3/t20-,21-/m1/s1. The first-order valence-electron chi connectivity index (χ1n) is 10.1. The summed E-state index contributed by atoms with van der Waals surface area (Å²) in [6.45, 7) is 11.8. The first-order valence-corrected chi connectivity index (χ1v) is 12.0. The Bertz CT molecular complexity index is 652. The highest BCUT2D eigenvalue weighted by Crippen LogP contribution is 2.37. The molecule has 0 saturated heterocycles. The summed E-state index contributed by atoms with van der Waals surface area (Å²) in [5, 5.41) is 2.60. The molecule has 3 heteroatoms. The van der Waals surface area contributed by atoms with Gasteiger partial charge in [0, 0.05) is 12.5 Å². The maximum atomic E-state index is 11.2. The number of carbonyl (C=O) groups excluding carboxylic acids is 1. The van der Waals surface area contributed by atoms with Crippen molar-refractivity contribution in [3.8, 4) is 0 Å². The molecule has 0 aromatic heterocycles. The van der Waals surface area contributed by atoms with Gasteiger partial charge >= 0.3 is 0 Å². The van der Waals surface area contributed by atoms with Gasteiger partial charge in [0.15, 0.2) is 0 Å². The summed E-state index contributed by atoms with van der Waals surface area (Å²) in [7, 11) is -2.47. The van der Waals surface area contributed by atoms with Crippen LogP contribution in [0.5, 0.6) is 0 Å². The fraction of sp³-hybridized carbons (Fsp3) is 0.458. The average molecular weight is 383 g/mol. The predicted molar refractivity (Wildman–Crippen MR) is 117 cm³/mol. The van der Waals surface area contributed by atoms with Crippen LogP contribution in [0.2, 0.25) is 5.04 Å². The third-order valence-electron chi connectivity index (χ3n) is 5.42. The molecule has 0 N–H and O–H groups in total. The van der Waals surface area contributed by atoms with Gasteiger partial charge in [-0.15, -0.1) is 0 Å². The van der Waals surface area contributed by atoms with Crippen LogP contribution in [0.1, 0.15) is 47.5 Å². The lowest BCUT2D eigenvalue weighted by atomic mass is 9.96. The van der Waals surface area contributed by atoms with Crippen LogP contribution in [-0.2, 0) is 9.22 Å². The Kier molecular flexibility index (Phi) is 7.57. The minimum Gasteiger partial charge on any atom is -0.407 e. The van der Waals surface area contributed by atoms with Gasteiger partial charge in [0.2, 0.25) is 0 Å². The van der Waals surface area contributed by atoms with E-state index in [-0.39, 0.29) is 11.0 Å². The van der Waals surface area contributed by atoms with E-state index in [9.17, 15) is 4.79 Å². The molecule has 0 saturated carbocycles. The van der Waals surface area contributed by atoms with Crippen molar-refractivity contribution in [2.75, 3.05) is 6.61 Å². The maximum Gasteiger partial charge on any atom is 0.261 e. The van der Waals surface area contributed by atoms with Crippen LogP contribution >= 0.6 is 0 Å². The number of aldehydes is 1. The van der Waals surface area contributed by atoms with Gasteiger partial charge in [-0.3, -0.25) is 0 Å². The molecule has 146 valence electrons. The quantitative estimate of drug-likeness (QED) is 0.459. The molecule has 0 unspecified atom stereocenters. The third kappa shape index (κ3) is 4.97. The Morgan fingerprint density at radius 2 is 1.44 bits per heavy atom. The van der Waals surface area contributed by atoms with E-state index in [0.29, 0.717) is 12.5 Å². The van der Waals surface area contributed by atoms with Gasteiger partial charge in [0.25, 0.3) is 8.32 Å². The van der Waals surface area contributed by atoms with Crippen molar-refractivity contribution in [3.05, 3.63) is 60.7 Å². The molecule has 0 aliphatic heterocycles. The first kappa shape index (κ1) is 21.6. The van der Waals surface area contributed by atoms with Gasteiger partial charge in [-0.1, -0.05) is 95.3 Å². The zero-order chi connectivity index (χ0) is 19.9. The molecular formula is C24H34O2Si. The summed E-state index contributed by atoms with van der Waals surface area (Å²) >= 11 is 0. The lowest BCUT2D eigenvalue weighted by Gasteiger charge is -2.43. The monoisotopic (exact) mass is 382 g/mol. The number of hydrogen-bond acceptors (Lipinski definition) is 2. The highest BCUT2D eigenvalue weighted by Gasteiger charge is 2.50. The Morgan fingerprint density at radius 1 is 0.963 bits per heavy atom. The van der Waals surface area contributed by atoms with Gasteiger partial charge in [-0.05, 0) is 34.2 Å². The molecule has 0 aliphatic rings. The van der Waals surface area contributed by atoms with Crippen molar-refractivity contribution < 1.29 is 9.22 Å². The van der Waals surface area contributed by atoms with E-state index in [1.54, 1.807) is 0 Å². The summed E-state index contributed by atoms with van der Waals surface area (Å²) in [4.78, 5) is 11.2. The molecule has 2 rings (SSSR count). The smallest absolute Gasteiger partial charge is 0.261 e. The Morgan fingerprint density at radius 3 is 1.81 bits per heavy atom. The van der Waals surface area contributed by atoms with Crippen molar-refractivity contribution in [3.63, 3.8) is 0 Å². The minimum absolute atomic E-state index is 0.00968. The summed E-state index contributed by atoms with van der Waals surface area (Å²) < 4.78 is 6.94. The van der Waals surface area contributed by atoms with Crippen LogP contribution in [-0.4, -0.2) is 21.2 Å². The molecule has 0 heterocycles. The highest BCUT2D eigenvalue weighted by atomic mass is 28.4. The lowest BCUT2D eigenvalue weighted by Crippen LogP contribution is -2.66. The fourth-order valence-electron chi connectivity index (χ4n) is 3.93. The van der Waals surface area contributed by atoms with Gasteiger partial charge in [-0.25, -0.2) is 0 Å². The van der Waals surface area contributed by atoms with Gasteiger partial charge in [0.05, 0.1) is 0 Å². The van der Waals surface area contributed by atoms with Crippen LogP contribution in [0, 0.1) is 11.8 Å². The van der Waals surface area contributed by atoms with Crippen molar-refractivity contribution in [1.82, 2.24) is 0 Å². The van der Waals surface area contributed by atoms with Crippen LogP contribution in [0.15, 0.2) is 60.7 Å². The van der Waals surface area contributed by atoms with Crippen LogP contribution < -0.4 is 10.4 Å². The van der Waals surface area contributed by atoms with Gasteiger partial charge < -0.3 is 9.22 Å². The predicted octanol–water partition coefficient (Wildman–Crippen LogP) is 4.81. The Balaban J connectivity index is 2.42. The van der Waals surface area contributed by atoms with Crippen molar-refractivity contribution in [2.45, 2.75) is 52.5 Å². The largest absolute Gasteiger partial charge is 0.407 e. The highest BCUT2D eigenvalue weighted by molar-refractivity contribution is 6.99. The van der Waals surface area contributed by atoms with Crippen LogP contribution in [0.25, 0.3) is 0 Å². The molecule has 0 spiro atoms. The zero-order valence-corrected chi connectivity index (χ0v) is 18.4. The summed E-state index contributed by atoms with van der Waals surface area (Å²) in [6.07, 6.45) is 2.88. The number of carbonyl (C=O) groups is 1. The van der Waals surface area contributed by atoms with Crippen molar-refractivity contribution >= 4 is 25.0 Å². The fourth-order valence-corrected chi connectivity index (χ4v) is 8.62. The van der Waals surface area contributed by atoms with E-state index in [4.69, 9.17) is 4.43 Å². The third-order valence-corrected chi connectivity index (χ3v) is 10.4. The normalized spacial score (nSPS) is 14.6. The van der Waals surface area contributed by atoms with E-state index < -0.39 is 8.32 Å². The lowest BCUT2D eigenvalue weighted by molar-refractivity contribution is -0.111. The Hall–Kier alpha value is -1.71. The molecular weight excluding hydrogens is 348 g/mol. The molecule has 2 atom stereocenters. The van der Waals surface area contributed by atoms with Gasteiger partial charge in [0.1, 0.15) is 6.29 Å².